The number of para-hydroxylation sites is 1. The van der Waals surface area contributed by atoms with Gasteiger partial charge in [0.25, 0.3) is 5.91 Å². The summed E-state index contributed by atoms with van der Waals surface area (Å²) in [7, 11) is 2.14. The molecule has 0 spiro atoms. The zero-order chi connectivity index (χ0) is 20.6. The Morgan fingerprint density at radius 1 is 1.10 bits per heavy atom. The summed E-state index contributed by atoms with van der Waals surface area (Å²) < 4.78 is 5.75. The molecule has 0 aromatic heterocycles. The minimum atomic E-state index is -0.107. The Morgan fingerprint density at radius 3 is 2.48 bits per heavy atom. The first-order valence-electron chi connectivity index (χ1n) is 10.3. The molecule has 1 heterocycles. The first-order valence-corrected chi connectivity index (χ1v) is 10.6. The summed E-state index contributed by atoms with van der Waals surface area (Å²) in [5, 5.41) is 3.85. The number of ether oxygens (including phenoxy) is 1. The number of hydrogen-bond donors (Lipinski definition) is 1. The van der Waals surface area contributed by atoms with Crippen LogP contribution in [0, 0.1) is 0 Å². The molecule has 29 heavy (non-hydrogen) atoms. The predicted molar refractivity (Wildman–Crippen MR) is 118 cm³/mol. The van der Waals surface area contributed by atoms with E-state index in [0.29, 0.717) is 24.5 Å². The van der Waals surface area contributed by atoms with Crippen LogP contribution in [0.15, 0.2) is 48.5 Å². The molecule has 1 atom stereocenters. The van der Waals surface area contributed by atoms with E-state index in [1.54, 1.807) is 0 Å². The van der Waals surface area contributed by atoms with Crippen LogP contribution < -0.4 is 10.1 Å². The molecular formula is C23H30ClN3O2. The van der Waals surface area contributed by atoms with Crippen LogP contribution in [-0.2, 0) is 0 Å². The van der Waals surface area contributed by atoms with Crippen molar-refractivity contribution >= 4 is 17.5 Å². The lowest BCUT2D eigenvalue weighted by Crippen LogP contribution is -2.48. The van der Waals surface area contributed by atoms with Crippen LogP contribution in [0.5, 0.6) is 5.75 Å². The van der Waals surface area contributed by atoms with Gasteiger partial charge in [0.05, 0.1) is 18.2 Å². The number of carbonyl (C=O) groups is 1. The van der Waals surface area contributed by atoms with Crippen molar-refractivity contribution in [2.24, 2.45) is 0 Å². The van der Waals surface area contributed by atoms with E-state index in [1.165, 1.54) is 0 Å². The predicted octanol–water partition coefficient (Wildman–Crippen LogP) is 3.85. The van der Waals surface area contributed by atoms with Crippen LogP contribution in [0.1, 0.15) is 35.3 Å². The van der Waals surface area contributed by atoms with Crippen LogP contribution in [0.4, 0.5) is 0 Å². The quantitative estimate of drug-likeness (QED) is 0.711. The molecule has 1 aliphatic heterocycles. The number of hydrogen-bond acceptors (Lipinski definition) is 4. The first-order chi connectivity index (χ1) is 14.1. The van der Waals surface area contributed by atoms with Crippen molar-refractivity contribution in [1.29, 1.82) is 0 Å². The Balaban J connectivity index is 1.73. The van der Waals surface area contributed by atoms with Gasteiger partial charge < -0.3 is 15.0 Å². The zero-order valence-corrected chi connectivity index (χ0v) is 18.0. The van der Waals surface area contributed by atoms with Crippen molar-refractivity contribution in [3.8, 4) is 5.75 Å². The molecule has 2 aromatic rings. The fourth-order valence-electron chi connectivity index (χ4n) is 3.55. The number of halogens is 1. The molecule has 0 unspecified atom stereocenters. The number of rotatable bonds is 8. The SMILES string of the molecule is CCCOc1ccccc1C(=O)NC[C@@H](c1ccc(Cl)cc1)N1CCN(C)CC1. The number of nitrogens with zero attached hydrogens (tertiary/aromatic N) is 2. The summed E-state index contributed by atoms with van der Waals surface area (Å²) in [6.07, 6.45) is 0.901. The molecule has 0 bridgehead atoms. The third kappa shape index (κ3) is 5.95. The Labute approximate surface area is 178 Å². The molecule has 5 nitrogen and oxygen atoms in total. The second kappa shape index (κ2) is 10.6. The maximum atomic E-state index is 12.9. The molecule has 1 fully saturated rings. The van der Waals surface area contributed by atoms with Gasteiger partial charge in [0.1, 0.15) is 5.75 Å². The Hall–Kier alpha value is -2.08. The standard InChI is InChI=1S/C23H30ClN3O2/c1-3-16-29-22-7-5-4-6-20(22)23(28)25-17-21(18-8-10-19(24)11-9-18)27-14-12-26(2)13-15-27/h4-11,21H,3,12-17H2,1-2H3,(H,25,28)/t21-/m0/s1. The number of amides is 1. The summed E-state index contributed by atoms with van der Waals surface area (Å²) in [5.41, 5.74) is 1.74. The smallest absolute Gasteiger partial charge is 0.255 e. The molecule has 0 aliphatic carbocycles. The van der Waals surface area contributed by atoms with Crippen molar-refractivity contribution in [2.75, 3.05) is 46.4 Å². The summed E-state index contributed by atoms with van der Waals surface area (Å²) >= 11 is 6.08. The van der Waals surface area contributed by atoms with Gasteiger partial charge in [-0.05, 0) is 43.3 Å². The second-order valence-electron chi connectivity index (χ2n) is 7.46. The van der Waals surface area contributed by atoms with Crippen LogP contribution in [0.25, 0.3) is 0 Å². The molecule has 1 saturated heterocycles. The van der Waals surface area contributed by atoms with Gasteiger partial charge in [-0.2, -0.15) is 0 Å². The number of piperazine rings is 1. The molecule has 3 rings (SSSR count). The summed E-state index contributed by atoms with van der Waals surface area (Å²) in [6, 6.07) is 15.5. The molecule has 156 valence electrons. The van der Waals surface area contributed by atoms with E-state index in [1.807, 2.05) is 36.4 Å². The van der Waals surface area contributed by atoms with E-state index in [4.69, 9.17) is 16.3 Å². The fraction of sp³-hybridized carbons (Fsp3) is 0.435. The largest absolute Gasteiger partial charge is 0.493 e. The average Bonchev–Trinajstić information content (AvgIpc) is 2.75. The highest BCUT2D eigenvalue weighted by atomic mass is 35.5. The summed E-state index contributed by atoms with van der Waals surface area (Å²) in [5.74, 6) is 0.527. The maximum absolute atomic E-state index is 12.9. The molecule has 1 N–H and O–H groups in total. The number of nitrogens with one attached hydrogen (secondary N) is 1. The molecular weight excluding hydrogens is 386 g/mol. The topological polar surface area (TPSA) is 44.8 Å². The lowest BCUT2D eigenvalue weighted by Gasteiger charge is -2.38. The molecule has 0 radical (unpaired) electrons. The van der Waals surface area contributed by atoms with Crippen LogP contribution in [0.3, 0.4) is 0 Å². The summed E-state index contributed by atoms with van der Waals surface area (Å²) in [4.78, 5) is 17.7. The van der Waals surface area contributed by atoms with E-state index >= 15 is 0 Å². The van der Waals surface area contributed by atoms with Crippen molar-refractivity contribution in [3.05, 3.63) is 64.7 Å². The Morgan fingerprint density at radius 2 is 1.79 bits per heavy atom. The average molecular weight is 416 g/mol. The van der Waals surface area contributed by atoms with Crippen molar-refractivity contribution in [2.45, 2.75) is 19.4 Å². The monoisotopic (exact) mass is 415 g/mol. The highest BCUT2D eigenvalue weighted by Crippen LogP contribution is 2.24. The third-order valence-electron chi connectivity index (χ3n) is 5.28. The second-order valence-corrected chi connectivity index (χ2v) is 7.90. The van der Waals surface area contributed by atoms with Crippen LogP contribution in [0.2, 0.25) is 5.02 Å². The highest BCUT2D eigenvalue weighted by Gasteiger charge is 2.25. The van der Waals surface area contributed by atoms with Crippen molar-refractivity contribution < 1.29 is 9.53 Å². The minimum absolute atomic E-state index is 0.105. The maximum Gasteiger partial charge on any atom is 0.255 e. The van der Waals surface area contributed by atoms with Crippen molar-refractivity contribution in [1.82, 2.24) is 15.1 Å². The fourth-order valence-corrected chi connectivity index (χ4v) is 3.68. The van der Waals surface area contributed by atoms with E-state index in [0.717, 1.165) is 43.2 Å². The van der Waals surface area contributed by atoms with Gasteiger partial charge in [0.15, 0.2) is 0 Å². The molecule has 6 heteroatoms. The van der Waals surface area contributed by atoms with Gasteiger partial charge >= 0.3 is 0 Å². The Kier molecular flexibility index (Phi) is 7.92. The van der Waals surface area contributed by atoms with Gasteiger partial charge in [-0.15, -0.1) is 0 Å². The van der Waals surface area contributed by atoms with Gasteiger partial charge in [-0.25, -0.2) is 0 Å². The molecule has 1 amide bonds. The van der Waals surface area contributed by atoms with E-state index in [9.17, 15) is 4.79 Å². The lowest BCUT2D eigenvalue weighted by atomic mass is 10.0. The first kappa shape index (κ1) is 21.6. The molecule has 2 aromatic carbocycles. The summed E-state index contributed by atoms with van der Waals surface area (Å²) in [6.45, 7) is 7.16. The normalized spacial score (nSPS) is 16.4. The van der Waals surface area contributed by atoms with Crippen molar-refractivity contribution in [3.63, 3.8) is 0 Å². The highest BCUT2D eigenvalue weighted by molar-refractivity contribution is 6.30. The van der Waals surface area contributed by atoms with Gasteiger partial charge in [0.2, 0.25) is 0 Å². The number of likely N-dealkylation sites (N-methyl/N-ethyl adjacent to an activating group) is 1. The minimum Gasteiger partial charge on any atom is -0.493 e. The van der Waals surface area contributed by atoms with Gasteiger partial charge in [0, 0.05) is 37.7 Å². The third-order valence-corrected chi connectivity index (χ3v) is 5.53. The van der Waals surface area contributed by atoms with Gasteiger partial charge in [-0.3, -0.25) is 9.69 Å². The number of carbonyl (C=O) groups excluding carboxylic acids is 1. The van der Waals surface area contributed by atoms with E-state index < -0.39 is 0 Å². The number of benzene rings is 2. The lowest BCUT2D eigenvalue weighted by molar-refractivity contribution is 0.0883. The molecule has 0 saturated carbocycles. The van der Waals surface area contributed by atoms with E-state index in [2.05, 4.69) is 41.2 Å². The van der Waals surface area contributed by atoms with Crippen LogP contribution in [-0.4, -0.2) is 62.1 Å². The zero-order valence-electron chi connectivity index (χ0n) is 17.2. The van der Waals surface area contributed by atoms with E-state index in [-0.39, 0.29) is 11.9 Å². The van der Waals surface area contributed by atoms with Gasteiger partial charge in [-0.1, -0.05) is 42.8 Å². The van der Waals surface area contributed by atoms with Crippen LogP contribution >= 0.6 is 11.6 Å². The molecule has 1 aliphatic rings. The Bertz CT molecular complexity index is 789.